The minimum absolute atomic E-state index is 0. The molecule has 0 radical (unpaired) electrons. The van der Waals surface area contributed by atoms with Crippen LogP contribution in [-0.4, -0.2) is 55.0 Å². The molecule has 0 aliphatic carbocycles. The third-order valence-electron chi connectivity index (χ3n) is 5.44. The van der Waals surface area contributed by atoms with Gasteiger partial charge >= 0.3 is 0 Å². The lowest BCUT2D eigenvalue weighted by Gasteiger charge is -2.33. The van der Waals surface area contributed by atoms with Crippen LogP contribution >= 0.6 is 12.4 Å². The Morgan fingerprint density at radius 2 is 1.63 bits per heavy atom. The molecule has 0 atom stereocenters. The SMILES string of the molecule is Cl.NCCN(C1CCOCC1)S(=O)(=O)c1ccc(Nc2nccc(Nc3ccc(F)cc3)n2)cc1. The fourth-order valence-electron chi connectivity index (χ4n) is 3.74. The molecule has 1 fully saturated rings. The van der Waals surface area contributed by atoms with E-state index < -0.39 is 10.0 Å². The molecular formula is C23H28ClFN6O3S. The van der Waals surface area contributed by atoms with Crippen LogP contribution in [0, 0.1) is 5.82 Å². The largest absolute Gasteiger partial charge is 0.381 e. The van der Waals surface area contributed by atoms with Crippen LogP contribution in [0.3, 0.4) is 0 Å². The number of halogens is 2. The topological polar surface area (TPSA) is 122 Å². The van der Waals surface area contributed by atoms with Crippen LogP contribution in [0.5, 0.6) is 0 Å². The number of nitrogens with one attached hydrogen (secondary N) is 2. The van der Waals surface area contributed by atoms with E-state index in [0.717, 1.165) is 0 Å². The fraction of sp³-hybridized carbons (Fsp3) is 0.304. The van der Waals surface area contributed by atoms with Crippen LogP contribution in [0.1, 0.15) is 12.8 Å². The number of nitrogens with zero attached hydrogens (tertiary/aromatic N) is 3. The normalized spacial score (nSPS) is 14.4. The first-order valence-electron chi connectivity index (χ1n) is 11.0. The van der Waals surface area contributed by atoms with Crippen molar-refractivity contribution in [3.05, 3.63) is 66.6 Å². The first-order valence-corrected chi connectivity index (χ1v) is 12.4. The number of hydrogen-bond acceptors (Lipinski definition) is 8. The van der Waals surface area contributed by atoms with Gasteiger partial charge in [0.25, 0.3) is 0 Å². The highest BCUT2D eigenvalue weighted by Crippen LogP contribution is 2.25. The molecule has 188 valence electrons. The smallest absolute Gasteiger partial charge is 0.243 e. The Bertz CT molecular complexity index is 1190. The van der Waals surface area contributed by atoms with Crippen molar-refractivity contribution in [1.29, 1.82) is 0 Å². The molecule has 3 aromatic rings. The lowest BCUT2D eigenvalue weighted by molar-refractivity contribution is 0.0590. The maximum Gasteiger partial charge on any atom is 0.243 e. The highest BCUT2D eigenvalue weighted by atomic mass is 35.5. The molecular weight excluding hydrogens is 495 g/mol. The third kappa shape index (κ3) is 6.86. The molecule has 12 heteroatoms. The average molecular weight is 523 g/mol. The molecule has 1 saturated heterocycles. The number of ether oxygens (including phenoxy) is 1. The molecule has 0 saturated carbocycles. The Hall–Kier alpha value is -2.83. The van der Waals surface area contributed by atoms with Gasteiger partial charge in [-0.05, 0) is 67.4 Å². The quantitative estimate of drug-likeness (QED) is 0.389. The standard InChI is InChI=1S/C23H27FN6O3S.ClH/c24-17-1-3-18(4-2-17)27-22-9-13-26-23(29-22)28-19-5-7-21(8-6-19)34(31,32)30(14-12-25)20-10-15-33-16-11-20;/h1-9,13,20H,10-12,14-16,25H2,(H2,26,27,28,29);1H. The van der Waals surface area contributed by atoms with Gasteiger partial charge in [0.2, 0.25) is 16.0 Å². The van der Waals surface area contributed by atoms with Gasteiger partial charge in [-0.15, -0.1) is 12.4 Å². The summed E-state index contributed by atoms with van der Waals surface area (Å²) in [6.07, 6.45) is 2.88. The monoisotopic (exact) mass is 522 g/mol. The molecule has 0 bridgehead atoms. The highest BCUT2D eigenvalue weighted by molar-refractivity contribution is 7.89. The summed E-state index contributed by atoms with van der Waals surface area (Å²) in [7, 11) is -3.69. The summed E-state index contributed by atoms with van der Waals surface area (Å²) in [6.45, 7) is 1.59. The Balaban J connectivity index is 0.00000342. The number of nitrogens with two attached hydrogens (primary N) is 1. The maximum atomic E-state index is 13.3. The zero-order valence-electron chi connectivity index (χ0n) is 18.9. The summed E-state index contributed by atoms with van der Waals surface area (Å²) in [5.41, 5.74) is 7.03. The predicted molar refractivity (Wildman–Crippen MR) is 135 cm³/mol. The van der Waals surface area contributed by atoms with E-state index in [1.54, 1.807) is 48.7 Å². The Morgan fingerprint density at radius 1 is 1.00 bits per heavy atom. The van der Waals surface area contributed by atoms with Crippen molar-refractivity contribution < 1.29 is 17.5 Å². The average Bonchev–Trinajstić information content (AvgIpc) is 2.85. The van der Waals surface area contributed by atoms with Crippen LogP contribution in [0.4, 0.5) is 27.5 Å². The lowest BCUT2D eigenvalue weighted by Crippen LogP contribution is -2.45. The molecule has 0 unspecified atom stereocenters. The second-order valence-electron chi connectivity index (χ2n) is 7.79. The first-order chi connectivity index (χ1) is 16.5. The molecule has 1 aromatic heterocycles. The molecule has 4 N–H and O–H groups in total. The van der Waals surface area contributed by atoms with Crippen molar-refractivity contribution in [2.45, 2.75) is 23.8 Å². The molecule has 0 amide bonds. The molecule has 4 rings (SSSR count). The van der Waals surface area contributed by atoms with Gasteiger partial charge in [-0.3, -0.25) is 0 Å². The van der Waals surface area contributed by atoms with Gasteiger partial charge in [-0.2, -0.15) is 9.29 Å². The predicted octanol–water partition coefficient (Wildman–Crippen LogP) is 3.65. The van der Waals surface area contributed by atoms with E-state index in [1.165, 1.54) is 16.4 Å². The Labute approximate surface area is 210 Å². The molecule has 9 nitrogen and oxygen atoms in total. The number of benzene rings is 2. The van der Waals surface area contributed by atoms with Crippen molar-refractivity contribution >= 4 is 45.6 Å². The maximum absolute atomic E-state index is 13.3. The van der Waals surface area contributed by atoms with Gasteiger partial charge in [0.1, 0.15) is 11.6 Å². The van der Waals surface area contributed by atoms with E-state index in [2.05, 4.69) is 20.6 Å². The van der Waals surface area contributed by atoms with Gasteiger partial charge in [0, 0.05) is 49.9 Å². The number of sulfonamides is 1. The van der Waals surface area contributed by atoms with E-state index in [4.69, 9.17) is 10.5 Å². The first kappa shape index (κ1) is 26.8. The van der Waals surface area contributed by atoms with Crippen molar-refractivity contribution in [1.82, 2.24) is 14.3 Å². The van der Waals surface area contributed by atoms with Crippen LogP contribution in [0.2, 0.25) is 0 Å². The summed E-state index contributed by atoms with van der Waals surface area (Å²) >= 11 is 0. The second kappa shape index (κ2) is 12.2. The van der Waals surface area contributed by atoms with Gasteiger partial charge in [0.15, 0.2) is 0 Å². The Morgan fingerprint density at radius 3 is 2.29 bits per heavy atom. The van der Waals surface area contributed by atoms with Crippen molar-refractivity contribution in [3.8, 4) is 0 Å². The molecule has 1 aliphatic rings. The van der Waals surface area contributed by atoms with E-state index in [0.29, 0.717) is 49.2 Å². The summed E-state index contributed by atoms with van der Waals surface area (Å²) in [5.74, 6) is 0.534. The van der Waals surface area contributed by atoms with Crippen molar-refractivity contribution in [3.63, 3.8) is 0 Å². The van der Waals surface area contributed by atoms with Gasteiger partial charge in [-0.25, -0.2) is 17.8 Å². The van der Waals surface area contributed by atoms with Crippen molar-refractivity contribution in [2.75, 3.05) is 36.9 Å². The lowest BCUT2D eigenvalue weighted by atomic mass is 10.1. The molecule has 1 aliphatic heterocycles. The number of rotatable bonds is 9. The Kier molecular flexibility index (Phi) is 9.35. The van der Waals surface area contributed by atoms with E-state index in [9.17, 15) is 12.8 Å². The number of aromatic nitrogens is 2. The van der Waals surface area contributed by atoms with Crippen LogP contribution in [-0.2, 0) is 14.8 Å². The van der Waals surface area contributed by atoms with Crippen LogP contribution in [0.15, 0.2) is 65.7 Å². The zero-order chi connectivity index (χ0) is 24.0. The molecule has 0 spiro atoms. The van der Waals surface area contributed by atoms with E-state index in [-0.39, 0.29) is 42.3 Å². The van der Waals surface area contributed by atoms with Gasteiger partial charge in [0.05, 0.1) is 4.90 Å². The summed E-state index contributed by atoms with van der Waals surface area (Å²) < 4.78 is 46.5. The van der Waals surface area contributed by atoms with Crippen LogP contribution < -0.4 is 16.4 Å². The minimum Gasteiger partial charge on any atom is -0.381 e. The summed E-state index contributed by atoms with van der Waals surface area (Å²) in [4.78, 5) is 8.79. The third-order valence-corrected chi connectivity index (χ3v) is 7.40. The van der Waals surface area contributed by atoms with Gasteiger partial charge in [-0.1, -0.05) is 0 Å². The van der Waals surface area contributed by atoms with Crippen molar-refractivity contribution in [2.24, 2.45) is 5.73 Å². The molecule has 2 heterocycles. The summed E-state index contributed by atoms with van der Waals surface area (Å²) in [6, 6.07) is 13.9. The van der Waals surface area contributed by atoms with Gasteiger partial charge < -0.3 is 21.1 Å². The van der Waals surface area contributed by atoms with Crippen LogP contribution in [0.25, 0.3) is 0 Å². The zero-order valence-corrected chi connectivity index (χ0v) is 20.6. The second-order valence-corrected chi connectivity index (χ2v) is 9.69. The summed E-state index contributed by atoms with van der Waals surface area (Å²) in [5, 5.41) is 6.15. The number of hydrogen-bond donors (Lipinski definition) is 3. The highest BCUT2D eigenvalue weighted by Gasteiger charge is 2.32. The number of anilines is 4. The molecule has 2 aromatic carbocycles. The fourth-order valence-corrected chi connectivity index (χ4v) is 5.44. The van der Waals surface area contributed by atoms with E-state index in [1.807, 2.05) is 0 Å². The minimum atomic E-state index is -3.69. The molecule has 35 heavy (non-hydrogen) atoms. The van der Waals surface area contributed by atoms with E-state index >= 15 is 0 Å².